The zero-order valence-corrected chi connectivity index (χ0v) is 14.4. The summed E-state index contributed by atoms with van der Waals surface area (Å²) >= 11 is 0. The number of hydrogen-bond donors (Lipinski definition) is 1. The number of nitrogens with zero attached hydrogens (tertiary/aromatic N) is 1. The van der Waals surface area contributed by atoms with E-state index in [-0.39, 0.29) is 17.1 Å². The second-order valence-electron chi connectivity index (χ2n) is 6.44. The Kier molecular flexibility index (Phi) is 6.50. The van der Waals surface area contributed by atoms with E-state index in [1.165, 1.54) is 0 Å². The number of pyridine rings is 1. The fraction of sp³-hybridized carbons (Fsp3) is 0.688. The average molecular weight is 326 g/mol. The van der Waals surface area contributed by atoms with E-state index in [1.54, 1.807) is 6.20 Å². The van der Waals surface area contributed by atoms with Gasteiger partial charge in [0.05, 0.1) is 28.9 Å². The molecule has 1 aliphatic heterocycles. The van der Waals surface area contributed by atoms with E-state index in [2.05, 4.69) is 9.71 Å². The van der Waals surface area contributed by atoms with Crippen LogP contribution in [-0.2, 0) is 20.5 Å². The Labute approximate surface area is 135 Å². The van der Waals surface area contributed by atoms with Gasteiger partial charge in [0.1, 0.15) is 0 Å². The summed E-state index contributed by atoms with van der Waals surface area (Å²) in [4.78, 5) is 4.17. The molecule has 0 aliphatic carbocycles. The first-order chi connectivity index (χ1) is 10.5. The highest BCUT2D eigenvalue weighted by molar-refractivity contribution is 7.84. The number of aromatic nitrogens is 1. The summed E-state index contributed by atoms with van der Waals surface area (Å²) in [5.41, 5.74) is 1.04. The van der Waals surface area contributed by atoms with Crippen molar-refractivity contribution in [3.8, 4) is 0 Å². The molecule has 0 amide bonds. The molecule has 0 saturated carbocycles. The lowest BCUT2D eigenvalue weighted by Gasteiger charge is -2.27. The average Bonchev–Trinajstić information content (AvgIpc) is 2.52. The second-order valence-corrected chi connectivity index (χ2v) is 8.44. The van der Waals surface area contributed by atoms with Gasteiger partial charge in [0, 0.05) is 24.9 Å². The van der Waals surface area contributed by atoms with Gasteiger partial charge in [0.15, 0.2) is 6.29 Å². The Morgan fingerprint density at radius 3 is 2.73 bits per heavy atom. The minimum atomic E-state index is -1.13. The van der Waals surface area contributed by atoms with Crippen molar-refractivity contribution >= 4 is 11.0 Å². The molecule has 1 saturated heterocycles. The van der Waals surface area contributed by atoms with Crippen LogP contribution in [0.5, 0.6) is 0 Å². The first-order valence-corrected chi connectivity index (χ1v) is 8.93. The monoisotopic (exact) mass is 326 g/mol. The van der Waals surface area contributed by atoms with Crippen molar-refractivity contribution in [2.45, 2.75) is 57.1 Å². The number of ether oxygens (including phenoxy) is 2. The van der Waals surface area contributed by atoms with Crippen LogP contribution in [-0.4, -0.2) is 33.4 Å². The highest BCUT2D eigenvalue weighted by Crippen LogP contribution is 2.23. The molecule has 1 N–H and O–H groups in total. The molecular formula is C16H26N2O3S. The molecule has 0 bridgehead atoms. The fourth-order valence-corrected chi connectivity index (χ4v) is 3.05. The van der Waals surface area contributed by atoms with E-state index in [0.29, 0.717) is 0 Å². The van der Waals surface area contributed by atoms with Gasteiger partial charge < -0.3 is 9.47 Å². The molecule has 1 fully saturated rings. The quantitative estimate of drug-likeness (QED) is 0.873. The predicted octanol–water partition coefficient (Wildman–Crippen LogP) is 2.72. The van der Waals surface area contributed by atoms with Crippen LogP contribution in [0.15, 0.2) is 24.5 Å². The normalized spacial score (nSPS) is 19.8. The maximum Gasteiger partial charge on any atom is 0.157 e. The topological polar surface area (TPSA) is 60.5 Å². The van der Waals surface area contributed by atoms with Crippen molar-refractivity contribution < 1.29 is 13.7 Å². The van der Waals surface area contributed by atoms with E-state index in [0.717, 1.165) is 38.0 Å². The molecule has 2 rings (SSSR count). The summed E-state index contributed by atoms with van der Waals surface area (Å²) in [7, 11) is -1.13. The van der Waals surface area contributed by atoms with E-state index in [9.17, 15) is 4.21 Å². The summed E-state index contributed by atoms with van der Waals surface area (Å²) in [6, 6.07) is 3.88. The third-order valence-corrected chi connectivity index (χ3v) is 5.09. The summed E-state index contributed by atoms with van der Waals surface area (Å²) in [6.07, 6.45) is 5.92. The molecule has 0 unspecified atom stereocenters. The molecule has 0 aromatic carbocycles. The van der Waals surface area contributed by atoms with Crippen molar-refractivity contribution in [1.82, 2.24) is 9.71 Å². The Morgan fingerprint density at radius 2 is 2.14 bits per heavy atom. The molecule has 124 valence electrons. The summed E-state index contributed by atoms with van der Waals surface area (Å²) in [6.45, 7) is 7.39. The van der Waals surface area contributed by atoms with Gasteiger partial charge in [-0.25, -0.2) is 8.93 Å². The Morgan fingerprint density at radius 1 is 1.41 bits per heavy atom. The molecule has 1 aliphatic rings. The van der Waals surface area contributed by atoms with Crippen LogP contribution in [0, 0.1) is 0 Å². The molecule has 0 radical (unpaired) electrons. The molecule has 5 nitrogen and oxygen atoms in total. The molecule has 22 heavy (non-hydrogen) atoms. The van der Waals surface area contributed by atoms with Crippen LogP contribution < -0.4 is 4.72 Å². The lowest BCUT2D eigenvalue weighted by Crippen LogP contribution is -2.36. The fourth-order valence-electron chi connectivity index (χ4n) is 2.19. The number of nitrogens with one attached hydrogen (secondary N) is 1. The predicted molar refractivity (Wildman–Crippen MR) is 87.6 cm³/mol. The van der Waals surface area contributed by atoms with Crippen LogP contribution in [0.3, 0.4) is 0 Å². The summed E-state index contributed by atoms with van der Waals surface area (Å²) < 4.78 is 26.5. The zero-order chi connectivity index (χ0) is 16.0. The first kappa shape index (κ1) is 17.5. The van der Waals surface area contributed by atoms with Gasteiger partial charge in [-0.05, 0) is 45.2 Å². The lowest BCUT2D eigenvalue weighted by molar-refractivity contribution is -0.182. The molecule has 1 aromatic rings. The Bertz CT molecular complexity index is 470. The zero-order valence-electron chi connectivity index (χ0n) is 13.6. The van der Waals surface area contributed by atoms with Crippen molar-refractivity contribution in [3.05, 3.63) is 30.1 Å². The third-order valence-electron chi connectivity index (χ3n) is 3.48. The standard InChI is InChI=1S/C16H26N2O3S/c1-16(2,3)22(19)18-14(13-6-4-9-17-12-13)7-8-15-20-10-5-11-21-15/h4,6,9,12,14-15,18H,5,7-8,10-11H2,1-3H3/t14-,22-/m0/s1. The van der Waals surface area contributed by atoms with Gasteiger partial charge in [-0.15, -0.1) is 0 Å². The summed E-state index contributed by atoms with van der Waals surface area (Å²) in [5.74, 6) is 0. The molecule has 0 spiro atoms. The van der Waals surface area contributed by atoms with E-state index in [4.69, 9.17) is 9.47 Å². The van der Waals surface area contributed by atoms with Gasteiger partial charge in [-0.2, -0.15) is 0 Å². The maximum absolute atomic E-state index is 12.4. The molecule has 2 atom stereocenters. The van der Waals surface area contributed by atoms with E-state index < -0.39 is 11.0 Å². The van der Waals surface area contributed by atoms with Crippen LogP contribution in [0.4, 0.5) is 0 Å². The Balaban J connectivity index is 2.00. The van der Waals surface area contributed by atoms with Crippen molar-refractivity contribution in [2.75, 3.05) is 13.2 Å². The SMILES string of the molecule is CC(C)(C)[S@](=O)N[C@@H](CCC1OCCCO1)c1cccnc1. The second kappa shape index (κ2) is 8.15. The van der Waals surface area contributed by atoms with Gasteiger partial charge in [-0.3, -0.25) is 4.98 Å². The lowest BCUT2D eigenvalue weighted by atomic mass is 10.0. The van der Waals surface area contributed by atoms with Crippen molar-refractivity contribution in [1.29, 1.82) is 0 Å². The smallest absolute Gasteiger partial charge is 0.157 e. The third kappa shape index (κ3) is 5.43. The highest BCUT2D eigenvalue weighted by atomic mass is 32.2. The van der Waals surface area contributed by atoms with Gasteiger partial charge in [0.25, 0.3) is 0 Å². The van der Waals surface area contributed by atoms with Crippen molar-refractivity contribution in [2.24, 2.45) is 0 Å². The maximum atomic E-state index is 12.4. The highest BCUT2D eigenvalue weighted by Gasteiger charge is 2.25. The largest absolute Gasteiger partial charge is 0.353 e. The van der Waals surface area contributed by atoms with Crippen LogP contribution >= 0.6 is 0 Å². The van der Waals surface area contributed by atoms with Gasteiger partial charge in [-0.1, -0.05) is 6.07 Å². The van der Waals surface area contributed by atoms with Crippen molar-refractivity contribution in [3.63, 3.8) is 0 Å². The summed E-state index contributed by atoms with van der Waals surface area (Å²) in [5, 5.41) is 0. The molecule has 1 aromatic heterocycles. The number of hydrogen-bond acceptors (Lipinski definition) is 4. The van der Waals surface area contributed by atoms with Gasteiger partial charge >= 0.3 is 0 Å². The molecular weight excluding hydrogens is 300 g/mol. The van der Waals surface area contributed by atoms with Crippen LogP contribution in [0.25, 0.3) is 0 Å². The Hall–Kier alpha value is -0.820. The van der Waals surface area contributed by atoms with E-state index >= 15 is 0 Å². The van der Waals surface area contributed by atoms with Gasteiger partial charge in [0.2, 0.25) is 0 Å². The molecule has 6 heteroatoms. The first-order valence-electron chi connectivity index (χ1n) is 7.78. The van der Waals surface area contributed by atoms with Crippen LogP contribution in [0.1, 0.15) is 51.6 Å². The van der Waals surface area contributed by atoms with Crippen LogP contribution in [0.2, 0.25) is 0 Å². The minimum Gasteiger partial charge on any atom is -0.353 e. The number of rotatable bonds is 6. The minimum absolute atomic E-state index is 0.0251. The van der Waals surface area contributed by atoms with E-state index in [1.807, 2.05) is 39.1 Å². The molecule has 2 heterocycles.